The van der Waals surface area contributed by atoms with Gasteiger partial charge in [-0.05, 0) is 81.0 Å². The standard InChI is InChI=1S/C38H44Cl2N4O/c1-26-11-14-28(15-12-26)32-24-42(18-5-3-10-38(45)36-9-2-4-17-41-36)37-16-13-27(19-31(32)37)21-43-22-30-20-29(43)23-44(30)25-33-34(39)7-6-8-35(33)40/h6-8,11-16,19,24,29-30,36,41H,2-5,9-10,17-18,20-23,25H2,1H3. The molecule has 45 heavy (non-hydrogen) atoms. The smallest absolute Gasteiger partial charge is 0.149 e. The van der Waals surface area contributed by atoms with E-state index in [0.717, 1.165) is 74.1 Å². The number of benzene rings is 3. The fraction of sp³-hybridized carbons (Fsp3) is 0.447. The highest BCUT2D eigenvalue weighted by Gasteiger charge is 2.43. The highest BCUT2D eigenvalue weighted by Crippen LogP contribution is 2.37. The number of unbranched alkanes of at least 4 members (excludes halogenated alkanes) is 1. The maximum atomic E-state index is 12.7. The molecule has 3 aliphatic rings. The molecule has 3 saturated heterocycles. The van der Waals surface area contributed by atoms with Gasteiger partial charge in [0.15, 0.2) is 0 Å². The fourth-order valence-corrected chi connectivity index (χ4v) is 8.33. The van der Waals surface area contributed by atoms with Crippen LogP contribution in [0.1, 0.15) is 61.6 Å². The van der Waals surface area contributed by atoms with Gasteiger partial charge >= 0.3 is 0 Å². The highest BCUT2D eigenvalue weighted by molar-refractivity contribution is 6.36. The molecule has 0 amide bonds. The van der Waals surface area contributed by atoms with Crippen LogP contribution in [0.4, 0.5) is 0 Å². The van der Waals surface area contributed by atoms with Crippen molar-refractivity contribution in [2.75, 3.05) is 19.6 Å². The number of carbonyl (C=O) groups is 1. The Morgan fingerprint density at radius 3 is 2.38 bits per heavy atom. The lowest BCUT2D eigenvalue weighted by Crippen LogP contribution is -2.45. The van der Waals surface area contributed by atoms with Crippen LogP contribution in [-0.4, -0.2) is 57.9 Å². The molecule has 3 aromatic carbocycles. The van der Waals surface area contributed by atoms with Crippen LogP contribution in [0.5, 0.6) is 0 Å². The third kappa shape index (κ3) is 6.75. The first-order valence-electron chi connectivity index (χ1n) is 16.8. The molecule has 1 aromatic heterocycles. The lowest BCUT2D eigenvalue weighted by atomic mass is 9.98. The molecule has 3 aliphatic heterocycles. The van der Waals surface area contributed by atoms with Crippen molar-refractivity contribution >= 4 is 39.9 Å². The van der Waals surface area contributed by atoms with E-state index >= 15 is 0 Å². The second-order valence-electron chi connectivity index (χ2n) is 13.5. The monoisotopic (exact) mass is 642 g/mol. The molecule has 7 rings (SSSR count). The minimum atomic E-state index is 0.0764. The van der Waals surface area contributed by atoms with E-state index in [4.69, 9.17) is 23.2 Å². The number of nitrogens with zero attached hydrogens (tertiary/aromatic N) is 3. The van der Waals surface area contributed by atoms with Gasteiger partial charge in [0.2, 0.25) is 0 Å². The fourth-order valence-electron chi connectivity index (χ4n) is 7.81. The van der Waals surface area contributed by atoms with Gasteiger partial charge in [0, 0.05) is 89.5 Å². The van der Waals surface area contributed by atoms with E-state index in [9.17, 15) is 4.79 Å². The van der Waals surface area contributed by atoms with Gasteiger partial charge in [-0.25, -0.2) is 0 Å². The van der Waals surface area contributed by atoms with Crippen molar-refractivity contribution in [3.8, 4) is 11.1 Å². The van der Waals surface area contributed by atoms with Gasteiger partial charge in [-0.2, -0.15) is 0 Å². The molecule has 0 radical (unpaired) electrons. The zero-order valence-corrected chi connectivity index (χ0v) is 27.8. The summed E-state index contributed by atoms with van der Waals surface area (Å²) in [6, 6.07) is 22.9. The number of Topliss-reactive ketones (excluding diaryl/α,β-unsaturated/α-hetero) is 1. The Kier molecular flexibility index (Phi) is 9.35. The summed E-state index contributed by atoms with van der Waals surface area (Å²) < 4.78 is 2.41. The van der Waals surface area contributed by atoms with Crippen molar-refractivity contribution in [2.45, 2.75) is 89.6 Å². The SMILES string of the molecule is Cc1ccc(-c2cn(CCCCC(=O)C3CCCCN3)c3ccc(CN4CC5CC4CN5Cc4c(Cl)cccc4Cl)cc23)cc1. The van der Waals surface area contributed by atoms with Crippen molar-refractivity contribution in [3.05, 3.63) is 93.6 Å². The first-order chi connectivity index (χ1) is 21.9. The summed E-state index contributed by atoms with van der Waals surface area (Å²) in [4.78, 5) is 17.9. The molecule has 0 spiro atoms. The molecule has 236 valence electrons. The molecule has 0 aliphatic carbocycles. The van der Waals surface area contributed by atoms with Gasteiger partial charge in [0.05, 0.1) is 6.04 Å². The van der Waals surface area contributed by atoms with Crippen LogP contribution in [0.15, 0.2) is 66.9 Å². The second kappa shape index (κ2) is 13.6. The number of hydrogen-bond donors (Lipinski definition) is 1. The summed E-state index contributed by atoms with van der Waals surface area (Å²) in [5, 5.41) is 6.25. The molecule has 3 unspecified atom stereocenters. The number of piperazine rings is 1. The normalized spacial score (nSPS) is 22.1. The summed E-state index contributed by atoms with van der Waals surface area (Å²) in [6.07, 6.45) is 9.50. The third-order valence-corrected chi connectivity index (χ3v) is 11.1. The van der Waals surface area contributed by atoms with Crippen molar-refractivity contribution in [1.82, 2.24) is 19.7 Å². The molecular formula is C38H44Cl2N4O. The molecule has 4 aromatic rings. The Morgan fingerprint density at radius 1 is 0.911 bits per heavy atom. The van der Waals surface area contributed by atoms with E-state index in [1.807, 2.05) is 18.2 Å². The third-order valence-electron chi connectivity index (χ3n) is 10.4. The lowest BCUT2D eigenvalue weighted by Gasteiger charge is -2.34. The van der Waals surface area contributed by atoms with Gasteiger partial charge in [-0.1, -0.05) is 71.6 Å². The molecule has 1 N–H and O–H groups in total. The molecular weight excluding hydrogens is 599 g/mol. The molecule has 2 bridgehead atoms. The summed E-state index contributed by atoms with van der Waals surface area (Å²) >= 11 is 13.0. The van der Waals surface area contributed by atoms with Crippen LogP contribution in [-0.2, 0) is 24.4 Å². The van der Waals surface area contributed by atoms with E-state index in [1.54, 1.807) is 0 Å². The van der Waals surface area contributed by atoms with Gasteiger partial charge < -0.3 is 9.88 Å². The average Bonchev–Trinajstić information content (AvgIpc) is 3.74. The van der Waals surface area contributed by atoms with Gasteiger partial charge in [0.1, 0.15) is 5.78 Å². The van der Waals surface area contributed by atoms with Crippen LogP contribution < -0.4 is 5.32 Å². The number of aryl methyl sites for hydroxylation is 2. The Morgan fingerprint density at radius 2 is 1.67 bits per heavy atom. The van der Waals surface area contributed by atoms with Crippen LogP contribution in [0, 0.1) is 6.92 Å². The number of nitrogens with one attached hydrogen (secondary N) is 1. The van der Waals surface area contributed by atoms with Crippen molar-refractivity contribution in [2.24, 2.45) is 0 Å². The Bertz CT molecular complexity index is 1640. The summed E-state index contributed by atoms with van der Waals surface area (Å²) in [6.45, 7) is 7.96. The molecule has 3 atom stereocenters. The van der Waals surface area contributed by atoms with Gasteiger partial charge in [0.25, 0.3) is 0 Å². The lowest BCUT2D eigenvalue weighted by molar-refractivity contribution is -0.121. The van der Waals surface area contributed by atoms with Gasteiger partial charge in [-0.15, -0.1) is 0 Å². The summed E-state index contributed by atoms with van der Waals surface area (Å²) in [7, 11) is 0. The number of fused-ring (bicyclic) bond motifs is 3. The molecule has 5 nitrogen and oxygen atoms in total. The summed E-state index contributed by atoms with van der Waals surface area (Å²) in [5.41, 5.74) is 7.52. The minimum absolute atomic E-state index is 0.0764. The molecule has 4 heterocycles. The van der Waals surface area contributed by atoms with Crippen LogP contribution in [0.3, 0.4) is 0 Å². The quantitative estimate of drug-likeness (QED) is 0.167. The van der Waals surface area contributed by atoms with Crippen LogP contribution in [0.2, 0.25) is 10.0 Å². The van der Waals surface area contributed by atoms with E-state index in [2.05, 4.69) is 75.3 Å². The van der Waals surface area contributed by atoms with Crippen molar-refractivity contribution in [3.63, 3.8) is 0 Å². The van der Waals surface area contributed by atoms with Crippen LogP contribution >= 0.6 is 23.2 Å². The first kappa shape index (κ1) is 31.0. The predicted molar refractivity (Wildman–Crippen MR) is 186 cm³/mol. The number of ketones is 1. The second-order valence-corrected chi connectivity index (χ2v) is 14.3. The topological polar surface area (TPSA) is 40.5 Å². The number of rotatable bonds is 11. The molecule has 7 heteroatoms. The zero-order valence-electron chi connectivity index (χ0n) is 26.3. The van der Waals surface area contributed by atoms with Crippen molar-refractivity contribution in [1.29, 1.82) is 0 Å². The molecule has 3 fully saturated rings. The first-order valence-corrected chi connectivity index (χ1v) is 17.5. The Labute approximate surface area is 277 Å². The maximum absolute atomic E-state index is 12.7. The Balaban J connectivity index is 1.04. The maximum Gasteiger partial charge on any atom is 0.149 e. The predicted octanol–water partition coefficient (Wildman–Crippen LogP) is 8.26. The minimum Gasteiger partial charge on any atom is -0.347 e. The van der Waals surface area contributed by atoms with Gasteiger partial charge in [-0.3, -0.25) is 14.6 Å². The van der Waals surface area contributed by atoms with E-state index < -0.39 is 0 Å². The average molecular weight is 644 g/mol. The number of aromatic nitrogens is 1. The number of hydrogen-bond acceptors (Lipinski definition) is 4. The molecule has 0 saturated carbocycles. The number of piperidine rings is 1. The highest BCUT2D eigenvalue weighted by atomic mass is 35.5. The summed E-state index contributed by atoms with van der Waals surface area (Å²) in [5.74, 6) is 0.392. The largest absolute Gasteiger partial charge is 0.347 e. The number of carbonyl (C=O) groups excluding carboxylic acids is 1. The number of halogens is 2. The van der Waals surface area contributed by atoms with E-state index in [1.165, 1.54) is 52.4 Å². The Hall–Kier alpha value is -2.67. The zero-order chi connectivity index (χ0) is 30.9. The number of likely N-dealkylation sites (tertiary alicyclic amines) is 2. The van der Waals surface area contributed by atoms with E-state index in [-0.39, 0.29) is 6.04 Å². The van der Waals surface area contributed by atoms with Crippen LogP contribution in [0.25, 0.3) is 22.0 Å². The van der Waals surface area contributed by atoms with Crippen molar-refractivity contribution < 1.29 is 4.79 Å². The van der Waals surface area contributed by atoms with E-state index in [0.29, 0.717) is 24.3 Å².